The van der Waals surface area contributed by atoms with Crippen LogP contribution in [0.1, 0.15) is 5.69 Å². The lowest BCUT2D eigenvalue weighted by atomic mass is 10.6. The number of aliphatic imine (C=N–C) groups is 1. The van der Waals surface area contributed by atoms with Crippen molar-refractivity contribution in [3.8, 4) is 6.19 Å². The van der Waals surface area contributed by atoms with Gasteiger partial charge in [-0.1, -0.05) is 0 Å². The maximum atomic E-state index is 8.41. The number of aromatic nitrogens is 2. The Labute approximate surface area is 104 Å². The fourth-order valence-corrected chi connectivity index (χ4v) is 1.85. The zero-order valence-electron chi connectivity index (χ0n) is 9.53. The van der Waals surface area contributed by atoms with Crippen LogP contribution in [0, 0.1) is 11.5 Å². The van der Waals surface area contributed by atoms with Gasteiger partial charge in [-0.25, -0.2) is 4.98 Å². The third-order valence-electron chi connectivity index (χ3n) is 1.84. The van der Waals surface area contributed by atoms with Crippen LogP contribution in [0.3, 0.4) is 0 Å². The monoisotopic (exact) mass is 253 g/mol. The van der Waals surface area contributed by atoms with Gasteiger partial charge in [0.25, 0.3) is 0 Å². The third-order valence-corrected chi connectivity index (χ3v) is 2.83. The van der Waals surface area contributed by atoms with Crippen LogP contribution in [0.4, 0.5) is 5.95 Å². The van der Waals surface area contributed by atoms with Crippen molar-refractivity contribution in [3.63, 3.8) is 0 Å². The molecule has 1 aromatic heterocycles. The second kappa shape index (κ2) is 7.40. The van der Waals surface area contributed by atoms with E-state index in [1.54, 1.807) is 25.0 Å². The van der Waals surface area contributed by atoms with Crippen LogP contribution in [-0.2, 0) is 5.75 Å². The molecular formula is C9H15N7S. The van der Waals surface area contributed by atoms with E-state index >= 15 is 0 Å². The number of nitriles is 1. The Bertz CT molecular complexity index is 406. The summed E-state index contributed by atoms with van der Waals surface area (Å²) in [6.45, 7) is 0.728. The average Bonchev–Trinajstić information content (AvgIpc) is 2.73. The summed E-state index contributed by atoms with van der Waals surface area (Å²) in [6.07, 6.45) is 3.61. The van der Waals surface area contributed by atoms with Crippen molar-refractivity contribution in [2.45, 2.75) is 5.75 Å². The Morgan fingerprint density at radius 2 is 2.59 bits per heavy atom. The second-order valence-corrected chi connectivity index (χ2v) is 4.17. The number of hydrogen-bond acceptors (Lipinski definition) is 5. The van der Waals surface area contributed by atoms with Gasteiger partial charge in [-0.3, -0.25) is 10.3 Å². The van der Waals surface area contributed by atoms with E-state index in [1.165, 1.54) is 0 Å². The lowest BCUT2D eigenvalue weighted by molar-refractivity contribution is 0.930. The van der Waals surface area contributed by atoms with Gasteiger partial charge in [-0.05, 0) is 0 Å². The van der Waals surface area contributed by atoms with Gasteiger partial charge < -0.3 is 16.0 Å². The van der Waals surface area contributed by atoms with Gasteiger partial charge >= 0.3 is 0 Å². The van der Waals surface area contributed by atoms with Gasteiger partial charge in [0.2, 0.25) is 5.96 Å². The highest BCUT2D eigenvalue weighted by molar-refractivity contribution is 7.98. The Kier molecular flexibility index (Phi) is 5.74. The number of guanidine groups is 1. The molecule has 1 heterocycles. The molecule has 0 saturated heterocycles. The summed E-state index contributed by atoms with van der Waals surface area (Å²) in [5.74, 6) is 2.62. The predicted octanol–water partition coefficient (Wildman–Crippen LogP) is -0.129. The molecule has 0 saturated carbocycles. The molecule has 0 spiro atoms. The summed E-state index contributed by atoms with van der Waals surface area (Å²) in [4.78, 5) is 10.8. The Morgan fingerprint density at radius 1 is 1.76 bits per heavy atom. The summed E-state index contributed by atoms with van der Waals surface area (Å²) >= 11 is 1.72. The molecule has 0 atom stereocenters. The minimum atomic E-state index is 0.442. The van der Waals surface area contributed by atoms with E-state index in [-0.39, 0.29) is 0 Å². The lowest BCUT2D eigenvalue weighted by Gasteiger charge is -2.05. The van der Waals surface area contributed by atoms with E-state index in [9.17, 15) is 0 Å². The van der Waals surface area contributed by atoms with Gasteiger partial charge in [0.1, 0.15) is 0 Å². The van der Waals surface area contributed by atoms with Crippen LogP contribution in [0.5, 0.6) is 0 Å². The largest absolute Gasteiger partial charge is 0.369 e. The van der Waals surface area contributed by atoms with Gasteiger partial charge in [-0.2, -0.15) is 17.0 Å². The predicted molar refractivity (Wildman–Crippen MR) is 69.3 cm³/mol. The van der Waals surface area contributed by atoms with Crippen molar-refractivity contribution >= 4 is 23.7 Å². The summed E-state index contributed by atoms with van der Waals surface area (Å²) in [5.41, 5.74) is 6.39. The first kappa shape index (κ1) is 13.2. The van der Waals surface area contributed by atoms with Crippen LogP contribution in [0.15, 0.2) is 11.2 Å². The van der Waals surface area contributed by atoms with Crippen LogP contribution in [-0.4, -0.2) is 35.3 Å². The SMILES string of the molecule is C/N=C(\NC#N)NCCSCc1c[nH]c(N)n1. The maximum Gasteiger partial charge on any atom is 0.204 e. The number of nitrogen functional groups attached to an aromatic ring is 1. The summed E-state index contributed by atoms with van der Waals surface area (Å²) < 4.78 is 0. The zero-order valence-corrected chi connectivity index (χ0v) is 10.3. The third kappa shape index (κ3) is 5.12. The molecule has 0 unspecified atom stereocenters. The normalized spacial score (nSPS) is 10.9. The van der Waals surface area contributed by atoms with E-state index in [2.05, 4.69) is 25.6 Å². The molecule has 1 rings (SSSR count). The lowest BCUT2D eigenvalue weighted by Crippen LogP contribution is -2.35. The average molecular weight is 253 g/mol. The van der Waals surface area contributed by atoms with Gasteiger partial charge in [0, 0.05) is 31.3 Å². The molecule has 1 aromatic rings. The summed E-state index contributed by atoms with van der Waals surface area (Å²) in [6, 6.07) is 0. The number of nitrogens with zero attached hydrogens (tertiary/aromatic N) is 3. The first-order valence-corrected chi connectivity index (χ1v) is 6.15. The van der Waals surface area contributed by atoms with Crippen molar-refractivity contribution < 1.29 is 0 Å². The highest BCUT2D eigenvalue weighted by Gasteiger charge is 1.99. The number of anilines is 1. The number of rotatable bonds is 5. The fourth-order valence-electron chi connectivity index (χ4n) is 1.10. The molecule has 92 valence electrons. The van der Waals surface area contributed by atoms with E-state index < -0.39 is 0 Å². The molecule has 7 nitrogen and oxygen atoms in total. The minimum absolute atomic E-state index is 0.442. The smallest absolute Gasteiger partial charge is 0.204 e. The molecule has 0 amide bonds. The maximum absolute atomic E-state index is 8.41. The Balaban J connectivity index is 2.11. The number of nitrogens with one attached hydrogen (secondary N) is 3. The van der Waals surface area contributed by atoms with Crippen LogP contribution in [0.25, 0.3) is 0 Å². The van der Waals surface area contributed by atoms with Crippen LogP contribution < -0.4 is 16.4 Å². The topological polar surface area (TPSA) is 115 Å². The van der Waals surface area contributed by atoms with Crippen molar-refractivity contribution in [2.24, 2.45) is 4.99 Å². The van der Waals surface area contributed by atoms with Crippen molar-refractivity contribution in [1.82, 2.24) is 20.6 Å². The number of imidazole rings is 1. The van der Waals surface area contributed by atoms with Crippen LogP contribution >= 0.6 is 11.8 Å². The molecule has 0 fully saturated rings. The van der Waals surface area contributed by atoms with E-state index in [0.717, 1.165) is 23.7 Å². The molecule has 0 aliphatic rings. The number of H-pyrrole nitrogens is 1. The summed E-state index contributed by atoms with van der Waals surface area (Å²) in [7, 11) is 1.62. The molecule has 8 heteroatoms. The number of nitrogens with two attached hydrogens (primary N) is 1. The second-order valence-electron chi connectivity index (χ2n) is 3.07. The van der Waals surface area contributed by atoms with Crippen molar-refractivity contribution in [2.75, 3.05) is 25.1 Å². The van der Waals surface area contributed by atoms with E-state index in [4.69, 9.17) is 11.0 Å². The standard InChI is InChI=1S/C9H15N7S/c1-12-9(15-6-10)13-2-3-17-5-7-4-14-8(11)16-7/h4H,2-3,5H2,1H3,(H3,11,14,16)(H2,12,13,15). The van der Waals surface area contributed by atoms with Gasteiger partial charge in [0.15, 0.2) is 12.1 Å². The van der Waals surface area contributed by atoms with Crippen molar-refractivity contribution in [1.29, 1.82) is 5.26 Å². The number of hydrogen-bond donors (Lipinski definition) is 4. The highest BCUT2D eigenvalue weighted by atomic mass is 32.2. The quantitative estimate of drug-likeness (QED) is 0.191. The Hall–Kier alpha value is -1.88. The first-order chi connectivity index (χ1) is 8.26. The van der Waals surface area contributed by atoms with Gasteiger partial charge in [0.05, 0.1) is 5.69 Å². The molecule has 0 aliphatic carbocycles. The summed E-state index contributed by atoms with van der Waals surface area (Å²) in [5, 5.41) is 13.9. The number of aromatic amines is 1. The molecule has 0 aliphatic heterocycles. The van der Waals surface area contributed by atoms with E-state index in [1.807, 2.05) is 6.19 Å². The number of thioether (sulfide) groups is 1. The minimum Gasteiger partial charge on any atom is -0.369 e. The molecule has 0 radical (unpaired) electrons. The van der Waals surface area contributed by atoms with Crippen molar-refractivity contribution in [3.05, 3.63) is 11.9 Å². The molecule has 17 heavy (non-hydrogen) atoms. The first-order valence-electron chi connectivity index (χ1n) is 4.99. The molecular weight excluding hydrogens is 238 g/mol. The van der Waals surface area contributed by atoms with Gasteiger partial charge in [-0.15, -0.1) is 0 Å². The molecule has 0 bridgehead atoms. The van der Waals surface area contributed by atoms with Crippen LogP contribution in [0.2, 0.25) is 0 Å². The zero-order chi connectivity index (χ0) is 12.5. The highest BCUT2D eigenvalue weighted by Crippen LogP contribution is 2.09. The van der Waals surface area contributed by atoms with E-state index in [0.29, 0.717) is 11.9 Å². The molecule has 5 N–H and O–H groups in total. The fraction of sp³-hybridized carbons (Fsp3) is 0.444. The Morgan fingerprint density at radius 3 is 3.18 bits per heavy atom. The molecule has 0 aromatic carbocycles.